The fourth-order valence-corrected chi connectivity index (χ4v) is 4.00. The molecule has 1 atom stereocenters. The molecule has 2 aliphatic heterocycles. The lowest BCUT2D eigenvalue weighted by molar-refractivity contribution is 0.00627. The predicted molar refractivity (Wildman–Crippen MR) is 91.7 cm³/mol. The van der Waals surface area contributed by atoms with Crippen LogP contribution < -0.4 is 0 Å². The Balaban J connectivity index is 1.84. The van der Waals surface area contributed by atoms with Crippen LogP contribution in [0.1, 0.15) is 48.0 Å². The van der Waals surface area contributed by atoms with Crippen molar-refractivity contribution in [2.75, 3.05) is 45.8 Å². The predicted octanol–water partition coefficient (Wildman–Crippen LogP) is 2.77. The van der Waals surface area contributed by atoms with Gasteiger partial charge in [-0.2, -0.15) is 0 Å². The van der Waals surface area contributed by atoms with Gasteiger partial charge in [-0.05, 0) is 52.0 Å². The Morgan fingerprint density at radius 3 is 1.90 bits per heavy atom. The maximum absolute atomic E-state index is 2.72. The van der Waals surface area contributed by atoms with Crippen molar-refractivity contribution in [1.82, 2.24) is 14.7 Å². The minimum Gasteiger partial charge on any atom is -0.300 e. The monoisotopic (exact) mass is 295 g/mol. The Hall–Kier alpha value is -0.120. The van der Waals surface area contributed by atoms with Crippen molar-refractivity contribution in [3.05, 3.63) is 0 Å². The van der Waals surface area contributed by atoms with Crippen LogP contribution in [0.5, 0.6) is 0 Å². The highest BCUT2D eigenvalue weighted by Crippen LogP contribution is 2.36. The highest BCUT2D eigenvalue weighted by molar-refractivity contribution is 4.90. The maximum atomic E-state index is 2.72. The van der Waals surface area contributed by atoms with Crippen LogP contribution in [0.15, 0.2) is 0 Å². The third-order valence-electron chi connectivity index (χ3n) is 5.83. The molecule has 0 aromatic heterocycles. The van der Waals surface area contributed by atoms with Crippen molar-refractivity contribution in [1.29, 1.82) is 0 Å². The van der Waals surface area contributed by atoms with Gasteiger partial charge in [-0.3, -0.25) is 4.90 Å². The van der Waals surface area contributed by atoms with E-state index in [2.05, 4.69) is 56.2 Å². The van der Waals surface area contributed by atoms with Gasteiger partial charge in [-0.1, -0.05) is 13.8 Å². The van der Waals surface area contributed by atoms with Crippen molar-refractivity contribution < 1.29 is 0 Å². The first kappa shape index (κ1) is 17.2. The van der Waals surface area contributed by atoms with E-state index in [-0.39, 0.29) is 0 Å². The molecule has 2 heterocycles. The molecule has 3 heteroatoms. The van der Waals surface area contributed by atoms with Crippen molar-refractivity contribution >= 4 is 0 Å². The standard InChI is InChI=1S/C18H37N3/c1-15(2)20-11-9-19(10-12-20)13-17-7-8-21(16(3)4)14-18(17,5)6/h15-17H,7-14H2,1-6H3. The number of rotatable bonds is 4. The Labute approximate surface area is 132 Å². The Morgan fingerprint density at radius 2 is 1.43 bits per heavy atom. The van der Waals surface area contributed by atoms with Crippen LogP contribution in [-0.4, -0.2) is 72.6 Å². The lowest BCUT2D eigenvalue weighted by Crippen LogP contribution is -2.54. The number of piperazine rings is 1. The zero-order valence-electron chi connectivity index (χ0n) is 15.2. The molecule has 0 saturated carbocycles. The molecule has 0 aromatic carbocycles. The van der Waals surface area contributed by atoms with Crippen molar-refractivity contribution in [3.63, 3.8) is 0 Å². The molecule has 0 amide bonds. The van der Waals surface area contributed by atoms with E-state index in [0.29, 0.717) is 17.5 Å². The fraction of sp³-hybridized carbons (Fsp3) is 1.00. The molecule has 1 unspecified atom stereocenters. The first-order chi connectivity index (χ1) is 9.79. The van der Waals surface area contributed by atoms with Crippen LogP contribution in [0, 0.1) is 11.3 Å². The lowest BCUT2D eigenvalue weighted by Gasteiger charge is -2.48. The Kier molecular flexibility index (Phi) is 5.72. The van der Waals surface area contributed by atoms with E-state index < -0.39 is 0 Å². The summed E-state index contributed by atoms with van der Waals surface area (Å²) >= 11 is 0. The smallest absolute Gasteiger partial charge is 0.0113 e. The van der Waals surface area contributed by atoms with E-state index in [9.17, 15) is 0 Å². The minimum absolute atomic E-state index is 0.456. The molecule has 3 nitrogen and oxygen atoms in total. The van der Waals surface area contributed by atoms with Crippen molar-refractivity contribution in [2.24, 2.45) is 11.3 Å². The molecule has 0 radical (unpaired) electrons. The molecule has 21 heavy (non-hydrogen) atoms. The van der Waals surface area contributed by atoms with E-state index in [1.54, 1.807) is 0 Å². The van der Waals surface area contributed by atoms with Crippen molar-refractivity contribution in [2.45, 2.75) is 60.0 Å². The summed E-state index contributed by atoms with van der Waals surface area (Å²) in [4.78, 5) is 7.99. The number of hydrogen-bond acceptors (Lipinski definition) is 3. The van der Waals surface area contributed by atoms with E-state index >= 15 is 0 Å². The van der Waals surface area contributed by atoms with Crippen molar-refractivity contribution in [3.8, 4) is 0 Å². The highest BCUT2D eigenvalue weighted by Gasteiger charge is 2.37. The van der Waals surface area contributed by atoms with E-state index in [1.807, 2.05) is 0 Å². The number of hydrogen-bond donors (Lipinski definition) is 0. The van der Waals surface area contributed by atoms with Crippen LogP contribution in [0.2, 0.25) is 0 Å². The molecule has 0 spiro atoms. The third-order valence-corrected chi connectivity index (χ3v) is 5.83. The van der Waals surface area contributed by atoms with Gasteiger partial charge in [-0.15, -0.1) is 0 Å². The quantitative estimate of drug-likeness (QED) is 0.789. The minimum atomic E-state index is 0.456. The summed E-state index contributed by atoms with van der Waals surface area (Å²) in [5.74, 6) is 0.859. The summed E-state index contributed by atoms with van der Waals surface area (Å²) in [5.41, 5.74) is 0.456. The van der Waals surface area contributed by atoms with Crippen LogP contribution >= 0.6 is 0 Å². The van der Waals surface area contributed by atoms with E-state index in [0.717, 1.165) is 5.92 Å². The molecular weight excluding hydrogens is 258 g/mol. The average molecular weight is 296 g/mol. The second-order valence-corrected chi connectivity index (χ2v) is 8.47. The summed E-state index contributed by atoms with van der Waals surface area (Å²) in [7, 11) is 0. The van der Waals surface area contributed by atoms with Gasteiger partial charge >= 0.3 is 0 Å². The second kappa shape index (κ2) is 6.97. The molecule has 124 valence electrons. The third kappa shape index (κ3) is 4.43. The van der Waals surface area contributed by atoms with Crippen LogP contribution in [0.4, 0.5) is 0 Å². The van der Waals surface area contributed by atoms with Gasteiger partial charge in [0.1, 0.15) is 0 Å². The van der Waals surface area contributed by atoms with Gasteiger partial charge < -0.3 is 9.80 Å². The zero-order chi connectivity index (χ0) is 15.6. The summed E-state index contributed by atoms with van der Waals surface area (Å²) in [6.45, 7) is 23.2. The summed E-state index contributed by atoms with van der Waals surface area (Å²) in [6.07, 6.45) is 1.37. The Bertz CT molecular complexity index is 316. The summed E-state index contributed by atoms with van der Waals surface area (Å²) in [6, 6.07) is 1.40. The molecule has 2 saturated heterocycles. The number of likely N-dealkylation sites (tertiary alicyclic amines) is 1. The number of nitrogens with zero attached hydrogens (tertiary/aromatic N) is 3. The molecule has 0 aromatic rings. The molecule has 2 aliphatic rings. The molecule has 0 bridgehead atoms. The van der Waals surface area contributed by atoms with Crippen LogP contribution in [0.25, 0.3) is 0 Å². The second-order valence-electron chi connectivity index (χ2n) is 8.47. The maximum Gasteiger partial charge on any atom is 0.0113 e. The van der Waals surface area contributed by atoms with Crippen LogP contribution in [-0.2, 0) is 0 Å². The normalized spacial score (nSPS) is 29.4. The fourth-order valence-electron chi connectivity index (χ4n) is 4.00. The van der Waals surface area contributed by atoms with E-state index in [1.165, 1.54) is 52.2 Å². The van der Waals surface area contributed by atoms with Gasteiger partial charge in [0, 0.05) is 51.4 Å². The van der Waals surface area contributed by atoms with Gasteiger partial charge in [0.25, 0.3) is 0 Å². The SMILES string of the molecule is CC(C)N1CCN(CC2CCN(C(C)C)CC2(C)C)CC1. The van der Waals surface area contributed by atoms with Gasteiger partial charge in [-0.25, -0.2) is 0 Å². The van der Waals surface area contributed by atoms with Crippen LogP contribution in [0.3, 0.4) is 0 Å². The first-order valence-corrected chi connectivity index (χ1v) is 9.00. The number of piperidine rings is 1. The molecule has 2 fully saturated rings. The van der Waals surface area contributed by atoms with Gasteiger partial charge in [0.15, 0.2) is 0 Å². The summed E-state index contributed by atoms with van der Waals surface area (Å²) < 4.78 is 0. The Morgan fingerprint density at radius 1 is 0.857 bits per heavy atom. The molecule has 2 rings (SSSR count). The van der Waals surface area contributed by atoms with Gasteiger partial charge in [0.2, 0.25) is 0 Å². The molecule has 0 aliphatic carbocycles. The average Bonchev–Trinajstić information content (AvgIpc) is 2.41. The molecule has 0 N–H and O–H groups in total. The first-order valence-electron chi connectivity index (χ1n) is 9.00. The highest BCUT2D eigenvalue weighted by atomic mass is 15.3. The lowest BCUT2D eigenvalue weighted by atomic mass is 9.73. The zero-order valence-corrected chi connectivity index (χ0v) is 15.2. The van der Waals surface area contributed by atoms with Gasteiger partial charge in [0.05, 0.1) is 0 Å². The largest absolute Gasteiger partial charge is 0.300 e. The molecular formula is C18H37N3. The van der Waals surface area contributed by atoms with E-state index in [4.69, 9.17) is 0 Å². The topological polar surface area (TPSA) is 9.72 Å². The summed E-state index contributed by atoms with van der Waals surface area (Å²) in [5, 5.41) is 0.